The van der Waals surface area contributed by atoms with Crippen LogP contribution < -0.4 is 19.9 Å². The first-order valence-corrected chi connectivity index (χ1v) is 6.79. The van der Waals surface area contributed by atoms with Crippen molar-refractivity contribution in [2.45, 2.75) is 19.8 Å². The fraction of sp³-hybridized carbons (Fsp3) is 0.400. The molecule has 0 saturated carbocycles. The Hall–Kier alpha value is -2.37. The Kier molecular flexibility index (Phi) is 4.57. The van der Waals surface area contributed by atoms with Gasteiger partial charge in [-0.3, -0.25) is 5.10 Å². The first-order chi connectivity index (χ1) is 10.2. The second kappa shape index (κ2) is 6.39. The maximum absolute atomic E-state index is 5.94. The zero-order chi connectivity index (χ0) is 15.4. The number of aromatic amines is 1. The van der Waals surface area contributed by atoms with Gasteiger partial charge in [0.15, 0.2) is 11.5 Å². The highest BCUT2D eigenvalue weighted by molar-refractivity contribution is 5.78. The van der Waals surface area contributed by atoms with Crippen molar-refractivity contribution in [3.05, 3.63) is 17.7 Å². The van der Waals surface area contributed by atoms with E-state index in [2.05, 4.69) is 17.1 Å². The monoisotopic (exact) mass is 291 g/mol. The zero-order valence-corrected chi connectivity index (χ0v) is 12.8. The number of aromatic nitrogens is 2. The summed E-state index contributed by atoms with van der Waals surface area (Å²) < 4.78 is 16.2. The summed E-state index contributed by atoms with van der Waals surface area (Å²) >= 11 is 0. The summed E-state index contributed by atoms with van der Waals surface area (Å²) in [6, 6.07) is 3.75. The molecule has 0 bridgehead atoms. The number of methoxy groups -OCH3 is 3. The second-order valence-electron chi connectivity index (χ2n) is 4.59. The molecule has 21 heavy (non-hydrogen) atoms. The molecule has 1 aromatic heterocycles. The lowest BCUT2D eigenvalue weighted by Gasteiger charge is -2.15. The van der Waals surface area contributed by atoms with Crippen LogP contribution in [0.25, 0.3) is 11.3 Å². The minimum absolute atomic E-state index is 0.517. The summed E-state index contributed by atoms with van der Waals surface area (Å²) in [7, 11) is 4.77. The van der Waals surface area contributed by atoms with Crippen LogP contribution in [-0.2, 0) is 6.42 Å². The Morgan fingerprint density at radius 2 is 1.81 bits per heavy atom. The van der Waals surface area contributed by atoms with Crippen molar-refractivity contribution in [3.63, 3.8) is 0 Å². The molecule has 0 aliphatic carbocycles. The van der Waals surface area contributed by atoms with Gasteiger partial charge in [-0.25, -0.2) is 0 Å². The van der Waals surface area contributed by atoms with Crippen LogP contribution in [0.1, 0.15) is 18.9 Å². The molecule has 0 fully saturated rings. The number of nitrogen functional groups attached to an aromatic ring is 1. The van der Waals surface area contributed by atoms with Gasteiger partial charge in [0.1, 0.15) is 5.82 Å². The van der Waals surface area contributed by atoms with E-state index in [1.807, 2.05) is 12.1 Å². The molecule has 0 spiro atoms. The highest BCUT2D eigenvalue weighted by atomic mass is 16.5. The maximum atomic E-state index is 5.94. The molecule has 0 saturated heterocycles. The molecule has 0 amide bonds. The molecule has 0 atom stereocenters. The van der Waals surface area contributed by atoms with Crippen LogP contribution in [0, 0.1) is 0 Å². The molecule has 0 aliphatic rings. The molecule has 1 aromatic carbocycles. The average molecular weight is 291 g/mol. The summed E-state index contributed by atoms with van der Waals surface area (Å²) in [6.45, 7) is 2.10. The molecular weight excluding hydrogens is 270 g/mol. The molecule has 114 valence electrons. The number of rotatable bonds is 6. The van der Waals surface area contributed by atoms with Crippen LogP contribution in [0.2, 0.25) is 0 Å². The van der Waals surface area contributed by atoms with E-state index in [4.69, 9.17) is 19.9 Å². The van der Waals surface area contributed by atoms with E-state index in [0.717, 1.165) is 29.7 Å². The van der Waals surface area contributed by atoms with E-state index < -0.39 is 0 Å². The van der Waals surface area contributed by atoms with Gasteiger partial charge in [0.05, 0.1) is 27.0 Å². The number of hydrogen-bond donors (Lipinski definition) is 2. The number of nitrogens with zero attached hydrogens (tertiary/aromatic N) is 1. The van der Waals surface area contributed by atoms with E-state index >= 15 is 0 Å². The number of benzene rings is 1. The third-order valence-corrected chi connectivity index (χ3v) is 3.37. The summed E-state index contributed by atoms with van der Waals surface area (Å²) in [6.07, 6.45) is 1.82. The van der Waals surface area contributed by atoms with Crippen molar-refractivity contribution < 1.29 is 14.2 Å². The van der Waals surface area contributed by atoms with E-state index in [0.29, 0.717) is 23.1 Å². The van der Waals surface area contributed by atoms with E-state index in [1.54, 1.807) is 21.3 Å². The number of nitrogens with two attached hydrogens (primary N) is 1. The minimum atomic E-state index is 0.517. The molecule has 0 unspecified atom stereocenters. The average Bonchev–Trinajstić information content (AvgIpc) is 2.87. The van der Waals surface area contributed by atoms with Gasteiger partial charge in [0.25, 0.3) is 0 Å². The van der Waals surface area contributed by atoms with Gasteiger partial charge in [-0.1, -0.05) is 13.3 Å². The standard InChI is InChI=1S/C15H21N3O3/c1-5-6-10-12(17-18-15(10)16)9-7-8-11(19-2)14(21-4)13(9)20-3/h7-8H,5-6H2,1-4H3,(H3,16,17,18). The third kappa shape index (κ3) is 2.61. The number of H-pyrrole nitrogens is 1. The van der Waals surface area contributed by atoms with Crippen molar-refractivity contribution in [2.24, 2.45) is 0 Å². The number of anilines is 1. The van der Waals surface area contributed by atoms with Crippen LogP contribution in [-0.4, -0.2) is 31.5 Å². The molecule has 6 nitrogen and oxygen atoms in total. The molecule has 6 heteroatoms. The zero-order valence-electron chi connectivity index (χ0n) is 12.8. The predicted octanol–water partition coefficient (Wildman–Crippen LogP) is 2.64. The van der Waals surface area contributed by atoms with Crippen molar-refractivity contribution >= 4 is 5.82 Å². The highest BCUT2D eigenvalue weighted by Gasteiger charge is 2.21. The largest absolute Gasteiger partial charge is 0.493 e. The molecule has 0 radical (unpaired) electrons. The fourth-order valence-electron chi connectivity index (χ4n) is 2.40. The Morgan fingerprint density at radius 3 is 2.38 bits per heavy atom. The Bertz CT molecular complexity index is 623. The van der Waals surface area contributed by atoms with Gasteiger partial charge in [-0.2, -0.15) is 5.10 Å². The lowest BCUT2D eigenvalue weighted by atomic mass is 10.0. The van der Waals surface area contributed by atoms with Crippen molar-refractivity contribution in [3.8, 4) is 28.5 Å². The van der Waals surface area contributed by atoms with Gasteiger partial charge >= 0.3 is 0 Å². The fourth-order valence-corrected chi connectivity index (χ4v) is 2.40. The van der Waals surface area contributed by atoms with Gasteiger partial charge in [-0.05, 0) is 18.6 Å². The lowest BCUT2D eigenvalue weighted by Crippen LogP contribution is -1.98. The van der Waals surface area contributed by atoms with Crippen LogP contribution in [0.15, 0.2) is 12.1 Å². The maximum Gasteiger partial charge on any atom is 0.203 e. The number of nitrogens with one attached hydrogen (secondary N) is 1. The number of ether oxygens (including phenoxy) is 3. The SMILES string of the molecule is CCCc1c(N)n[nH]c1-c1ccc(OC)c(OC)c1OC. The Labute approximate surface area is 124 Å². The lowest BCUT2D eigenvalue weighted by molar-refractivity contribution is 0.325. The smallest absolute Gasteiger partial charge is 0.203 e. The first-order valence-electron chi connectivity index (χ1n) is 6.79. The van der Waals surface area contributed by atoms with Gasteiger partial charge < -0.3 is 19.9 Å². The van der Waals surface area contributed by atoms with Crippen molar-refractivity contribution in [2.75, 3.05) is 27.1 Å². The quantitative estimate of drug-likeness (QED) is 0.855. The summed E-state index contributed by atoms with van der Waals surface area (Å²) in [4.78, 5) is 0. The summed E-state index contributed by atoms with van der Waals surface area (Å²) in [5.41, 5.74) is 8.64. The van der Waals surface area contributed by atoms with Crippen LogP contribution >= 0.6 is 0 Å². The van der Waals surface area contributed by atoms with Gasteiger partial charge in [-0.15, -0.1) is 0 Å². The molecule has 3 N–H and O–H groups in total. The second-order valence-corrected chi connectivity index (χ2v) is 4.59. The normalized spacial score (nSPS) is 10.5. The predicted molar refractivity (Wildman–Crippen MR) is 82.1 cm³/mol. The number of hydrogen-bond acceptors (Lipinski definition) is 5. The Balaban J connectivity index is 2.64. The van der Waals surface area contributed by atoms with Crippen LogP contribution in [0.5, 0.6) is 17.2 Å². The molecule has 1 heterocycles. The van der Waals surface area contributed by atoms with E-state index in [9.17, 15) is 0 Å². The van der Waals surface area contributed by atoms with E-state index in [-0.39, 0.29) is 0 Å². The Morgan fingerprint density at radius 1 is 1.10 bits per heavy atom. The molecule has 0 aliphatic heterocycles. The van der Waals surface area contributed by atoms with Crippen molar-refractivity contribution in [1.29, 1.82) is 0 Å². The molecular formula is C15H21N3O3. The van der Waals surface area contributed by atoms with Crippen molar-refractivity contribution in [1.82, 2.24) is 10.2 Å². The van der Waals surface area contributed by atoms with Gasteiger partial charge in [0, 0.05) is 11.1 Å². The van der Waals surface area contributed by atoms with Gasteiger partial charge in [0.2, 0.25) is 5.75 Å². The summed E-state index contributed by atoms with van der Waals surface area (Å²) in [5, 5.41) is 7.10. The summed E-state index contributed by atoms with van der Waals surface area (Å²) in [5.74, 6) is 2.28. The molecule has 2 rings (SSSR count). The third-order valence-electron chi connectivity index (χ3n) is 3.37. The topological polar surface area (TPSA) is 82.4 Å². The molecule has 2 aromatic rings. The van der Waals surface area contributed by atoms with Crippen LogP contribution in [0.3, 0.4) is 0 Å². The first kappa shape index (κ1) is 15.0. The van der Waals surface area contributed by atoms with Crippen LogP contribution in [0.4, 0.5) is 5.82 Å². The van der Waals surface area contributed by atoms with E-state index in [1.165, 1.54) is 0 Å². The minimum Gasteiger partial charge on any atom is -0.493 e. The highest BCUT2D eigenvalue weighted by Crippen LogP contribution is 2.45.